The average molecular weight is 429 g/mol. The van der Waals surface area contributed by atoms with E-state index in [2.05, 4.69) is 21.4 Å². The monoisotopic (exact) mass is 428 g/mol. The van der Waals surface area contributed by atoms with Gasteiger partial charge in [0.05, 0.1) is 18.2 Å². The standard InChI is InChI=1S/C26H28N4O2/c1-16(2)26-29-23(14-25(32)30-26)22(12-19-15-27-21-11-7-6-10-20(19)21)28-24(31)13-18-9-5-4-8-17(18)3/h4-11,14-16,22,27H,12-13H2,1-3H3,(H,28,31)(H,29,30,32)/t22-/m1/s1. The maximum Gasteiger partial charge on any atom is 0.251 e. The molecule has 2 heterocycles. The summed E-state index contributed by atoms with van der Waals surface area (Å²) in [6.45, 7) is 5.96. The van der Waals surface area contributed by atoms with E-state index in [9.17, 15) is 9.59 Å². The number of fused-ring (bicyclic) bond motifs is 1. The molecule has 0 unspecified atom stereocenters. The Labute approximate surface area is 187 Å². The predicted molar refractivity (Wildman–Crippen MR) is 127 cm³/mol. The van der Waals surface area contributed by atoms with Crippen molar-refractivity contribution in [2.75, 3.05) is 0 Å². The Morgan fingerprint density at radius 3 is 2.59 bits per heavy atom. The Balaban J connectivity index is 1.67. The first-order valence-corrected chi connectivity index (χ1v) is 10.9. The highest BCUT2D eigenvalue weighted by molar-refractivity contribution is 5.83. The van der Waals surface area contributed by atoms with Gasteiger partial charge in [-0.2, -0.15) is 0 Å². The van der Waals surface area contributed by atoms with Gasteiger partial charge in [-0.25, -0.2) is 4.98 Å². The molecule has 6 nitrogen and oxygen atoms in total. The molecule has 4 rings (SSSR count). The summed E-state index contributed by atoms with van der Waals surface area (Å²) in [5.74, 6) is 0.584. The van der Waals surface area contributed by atoms with Crippen LogP contribution in [0.3, 0.4) is 0 Å². The van der Waals surface area contributed by atoms with Crippen molar-refractivity contribution in [2.24, 2.45) is 0 Å². The summed E-state index contributed by atoms with van der Waals surface area (Å²) in [4.78, 5) is 36.1. The number of aryl methyl sites for hydroxylation is 1. The third-order valence-electron chi connectivity index (χ3n) is 5.73. The lowest BCUT2D eigenvalue weighted by Gasteiger charge is -2.20. The predicted octanol–water partition coefficient (Wildman–Crippen LogP) is 4.33. The number of aromatic nitrogens is 3. The first-order valence-electron chi connectivity index (χ1n) is 10.9. The van der Waals surface area contributed by atoms with Crippen molar-refractivity contribution in [1.29, 1.82) is 0 Å². The van der Waals surface area contributed by atoms with E-state index < -0.39 is 6.04 Å². The van der Waals surface area contributed by atoms with Crippen LogP contribution >= 0.6 is 0 Å². The molecule has 164 valence electrons. The second-order valence-corrected chi connectivity index (χ2v) is 8.50. The lowest BCUT2D eigenvalue weighted by Crippen LogP contribution is -2.33. The quantitative estimate of drug-likeness (QED) is 0.409. The second-order valence-electron chi connectivity index (χ2n) is 8.50. The molecule has 0 fully saturated rings. The van der Waals surface area contributed by atoms with Crippen molar-refractivity contribution >= 4 is 16.8 Å². The molecule has 3 N–H and O–H groups in total. The van der Waals surface area contributed by atoms with Crippen LogP contribution in [0.4, 0.5) is 0 Å². The Hall–Kier alpha value is -3.67. The number of nitrogens with one attached hydrogen (secondary N) is 3. The maximum absolute atomic E-state index is 13.0. The zero-order valence-corrected chi connectivity index (χ0v) is 18.6. The first kappa shape index (κ1) is 21.6. The number of amides is 1. The van der Waals surface area contributed by atoms with Crippen LogP contribution in [0, 0.1) is 6.92 Å². The minimum Gasteiger partial charge on any atom is -0.361 e. The number of nitrogens with zero attached hydrogens (tertiary/aromatic N) is 1. The zero-order valence-electron chi connectivity index (χ0n) is 18.6. The highest BCUT2D eigenvalue weighted by Crippen LogP contribution is 2.24. The molecule has 0 spiro atoms. The second kappa shape index (κ2) is 9.22. The number of rotatable bonds is 7. The molecule has 0 bridgehead atoms. The highest BCUT2D eigenvalue weighted by Gasteiger charge is 2.21. The number of hydrogen-bond donors (Lipinski definition) is 3. The fraction of sp³-hybridized carbons (Fsp3) is 0.269. The lowest BCUT2D eigenvalue weighted by molar-refractivity contribution is -0.121. The molecule has 32 heavy (non-hydrogen) atoms. The van der Waals surface area contributed by atoms with E-state index in [-0.39, 0.29) is 23.8 Å². The average Bonchev–Trinajstić information content (AvgIpc) is 3.17. The highest BCUT2D eigenvalue weighted by atomic mass is 16.1. The number of hydrogen-bond acceptors (Lipinski definition) is 3. The first-order chi connectivity index (χ1) is 15.4. The number of benzene rings is 2. The number of aromatic amines is 2. The SMILES string of the molecule is Cc1ccccc1CC(=O)N[C@H](Cc1c[nH]c2ccccc12)c1cc(=O)[nH]c(C(C)C)n1. The Morgan fingerprint density at radius 2 is 1.81 bits per heavy atom. The fourth-order valence-electron chi connectivity index (χ4n) is 3.92. The smallest absolute Gasteiger partial charge is 0.251 e. The van der Waals surface area contributed by atoms with Gasteiger partial charge in [0.1, 0.15) is 5.82 Å². The number of carbonyl (C=O) groups is 1. The van der Waals surface area contributed by atoms with Crippen molar-refractivity contribution in [3.8, 4) is 0 Å². The van der Waals surface area contributed by atoms with Crippen LogP contribution in [-0.2, 0) is 17.6 Å². The van der Waals surface area contributed by atoms with Gasteiger partial charge in [-0.15, -0.1) is 0 Å². The molecule has 0 aliphatic carbocycles. The molecular formula is C26H28N4O2. The van der Waals surface area contributed by atoms with Crippen LogP contribution < -0.4 is 10.9 Å². The van der Waals surface area contributed by atoms with E-state index in [0.717, 1.165) is 27.6 Å². The van der Waals surface area contributed by atoms with E-state index in [0.29, 0.717) is 17.9 Å². The van der Waals surface area contributed by atoms with Crippen molar-refractivity contribution in [2.45, 2.75) is 45.6 Å². The third-order valence-corrected chi connectivity index (χ3v) is 5.73. The lowest BCUT2D eigenvalue weighted by atomic mass is 10.0. The van der Waals surface area contributed by atoms with E-state index in [1.54, 1.807) is 0 Å². The topological polar surface area (TPSA) is 90.6 Å². The molecule has 2 aromatic carbocycles. The van der Waals surface area contributed by atoms with E-state index in [1.165, 1.54) is 6.07 Å². The molecule has 0 radical (unpaired) electrons. The minimum atomic E-state index is -0.425. The van der Waals surface area contributed by atoms with Gasteiger partial charge in [0.25, 0.3) is 5.56 Å². The van der Waals surface area contributed by atoms with Gasteiger partial charge < -0.3 is 15.3 Å². The summed E-state index contributed by atoms with van der Waals surface area (Å²) < 4.78 is 0. The summed E-state index contributed by atoms with van der Waals surface area (Å²) in [5, 5.41) is 4.23. The summed E-state index contributed by atoms with van der Waals surface area (Å²) in [5.41, 5.74) is 4.52. The molecule has 0 saturated carbocycles. The van der Waals surface area contributed by atoms with Gasteiger partial charge in [0, 0.05) is 35.5 Å². The summed E-state index contributed by atoms with van der Waals surface area (Å²) >= 11 is 0. The molecular weight excluding hydrogens is 400 g/mol. The Kier molecular flexibility index (Phi) is 6.21. The van der Waals surface area contributed by atoms with Crippen LogP contribution in [0.1, 0.15) is 54.0 Å². The number of H-pyrrole nitrogens is 2. The maximum atomic E-state index is 13.0. The molecule has 4 aromatic rings. The van der Waals surface area contributed by atoms with Crippen molar-refractivity contribution in [1.82, 2.24) is 20.3 Å². The number of para-hydroxylation sites is 1. The largest absolute Gasteiger partial charge is 0.361 e. The Bertz CT molecular complexity index is 1300. The van der Waals surface area contributed by atoms with E-state index in [4.69, 9.17) is 4.98 Å². The van der Waals surface area contributed by atoms with Gasteiger partial charge in [0.15, 0.2) is 0 Å². The van der Waals surface area contributed by atoms with Crippen LogP contribution in [-0.4, -0.2) is 20.9 Å². The van der Waals surface area contributed by atoms with Gasteiger partial charge in [-0.05, 0) is 29.7 Å². The molecule has 0 saturated heterocycles. The molecule has 1 atom stereocenters. The van der Waals surface area contributed by atoms with Crippen LogP contribution in [0.25, 0.3) is 10.9 Å². The van der Waals surface area contributed by atoms with E-state index in [1.807, 2.05) is 69.4 Å². The fourth-order valence-corrected chi connectivity index (χ4v) is 3.92. The number of carbonyl (C=O) groups excluding carboxylic acids is 1. The summed E-state index contributed by atoms with van der Waals surface area (Å²) in [7, 11) is 0. The van der Waals surface area contributed by atoms with E-state index >= 15 is 0 Å². The summed E-state index contributed by atoms with van der Waals surface area (Å²) in [6, 6.07) is 17.0. The Morgan fingerprint density at radius 1 is 1.06 bits per heavy atom. The molecule has 0 aliphatic heterocycles. The summed E-state index contributed by atoms with van der Waals surface area (Å²) in [6.07, 6.45) is 2.76. The molecule has 6 heteroatoms. The van der Waals surface area contributed by atoms with Gasteiger partial charge in [-0.3, -0.25) is 9.59 Å². The zero-order chi connectivity index (χ0) is 22.7. The third kappa shape index (κ3) is 4.80. The van der Waals surface area contributed by atoms with Crippen LogP contribution in [0.2, 0.25) is 0 Å². The minimum absolute atomic E-state index is 0.0686. The van der Waals surface area contributed by atoms with Crippen molar-refractivity contribution in [3.63, 3.8) is 0 Å². The van der Waals surface area contributed by atoms with Gasteiger partial charge in [0.2, 0.25) is 5.91 Å². The molecule has 0 aliphatic rings. The van der Waals surface area contributed by atoms with Crippen LogP contribution in [0.5, 0.6) is 0 Å². The van der Waals surface area contributed by atoms with Crippen molar-refractivity contribution in [3.05, 3.63) is 99.4 Å². The molecule has 1 amide bonds. The van der Waals surface area contributed by atoms with Crippen LogP contribution in [0.15, 0.2) is 65.6 Å². The normalized spacial score (nSPS) is 12.2. The molecule has 2 aromatic heterocycles. The van der Waals surface area contributed by atoms with Gasteiger partial charge >= 0.3 is 0 Å². The van der Waals surface area contributed by atoms with Gasteiger partial charge in [-0.1, -0.05) is 56.3 Å². The van der Waals surface area contributed by atoms with Crippen molar-refractivity contribution < 1.29 is 4.79 Å².